The fraction of sp³-hybridized carbons (Fsp3) is 0.125. The third-order valence-corrected chi connectivity index (χ3v) is 1.30. The van der Waals surface area contributed by atoms with Gasteiger partial charge in [-0.2, -0.15) is 0 Å². The van der Waals surface area contributed by atoms with E-state index in [1.807, 2.05) is 18.2 Å². The molecule has 0 fully saturated rings. The smallest absolute Gasteiger partial charge is 0.103 e. The number of hydrogen-bond donors (Lipinski definition) is 1. The number of nitrogens with zero attached hydrogens (tertiary/aromatic N) is 1. The van der Waals surface area contributed by atoms with Crippen LogP contribution in [0.3, 0.4) is 0 Å². The Morgan fingerprint density at radius 3 is 2.64 bits per heavy atom. The number of anilines is 1. The zero-order chi connectivity index (χ0) is 8.27. The predicted molar refractivity (Wildman–Crippen MR) is 49.5 cm³/mol. The Morgan fingerprint density at radius 1 is 1.45 bits per heavy atom. The summed E-state index contributed by atoms with van der Waals surface area (Å²) in [6.07, 6.45) is 0. The van der Waals surface area contributed by atoms with Crippen LogP contribution in [0.25, 0.3) is 0 Å². The molecule has 0 atom stereocenters. The van der Waals surface area contributed by atoms with Gasteiger partial charge in [-0.1, -0.05) is 23.7 Å². The summed E-state index contributed by atoms with van der Waals surface area (Å²) in [5.41, 5.74) is 6.97. The van der Waals surface area contributed by atoms with Gasteiger partial charge in [0.05, 0.1) is 11.4 Å². The number of hydrogen-bond acceptors (Lipinski definition) is 2. The maximum Gasteiger partial charge on any atom is 0.103 e. The van der Waals surface area contributed by atoms with Crippen LogP contribution in [0.4, 0.5) is 11.4 Å². The quantitative estimate of drug-likeness (QED) is 0.508. The molecule has 58 valence electrons. The lowest BCUT2D eigenvalue weighted by Gasteiger charge is -1.97. The molecule has 0 spiro atoms. The highest BCUT2D eigenvalue weighted by atomic mass is 35.5. The van der Waals surface area contributed by atoms with Crippen molar-refractivity contribution in [2.75, 3.05) is 5.73 Å². The van der Waals surface area contributed by atoms with E-state index >= 15 is 0 Å². The van der Waals surface area contributed by atoms with Gasteiger partial charge in [0.2, 0.25) is 0 Å². The summed E-state index contributed by atoms with van der Waals surface area (Å²) in [6.45, 7) is 1.72. The van der Waals surface area contributed by atoms with E-state index in [-0.39, 0.29) is 0 Å². The van der Waals surface area contributed by atoms with Gasteiger partial charge in [-0.3, -0.25) is 0 Å². The molecule has 2 nitrogen and oxygen atoms in total. The number of nitrogen functional groups attached to an aromatic ring is 1. The van der Waals surface area contributed by atoms with Gasteiger partial charge >= 0.3 is 0 Å². The van der Waals surface area contributed by atoms with Crippen LogP contribution < -0.4 is 5.73 Å². The first-order chi connectivity index (χ1) is 5.20. The molecule has 0 aromatic heterocycles. The third kappa shape index (κ3) is 2.24. The molecule has 0 amide bonds. The second-order valence-electron chi connectivity index (χ2n) is 2.17. The highest BCUT2D eigenvalue weighted by Crippen LogP contribution is 2.20. The van der Waals surface area contributed by atoms with Crippen LogP contribution in [-0.4, -0.2) is 5.17 Å². The average molecular weight is 169 g/mol. The van der Waals surface area contributed by atoms with E-state index in [0.29, 0.717) is 10.9 Å². The first-order valence-electron chi connectivity index (χ1n) is 3.25. The van der Waals surface area contributed by atoms with Crippen molar-refractivity contribution in [1.29, 1.82) is 0 Å². The molecule has 0 bridgehead atoms. The fourth-order valence-corrected chi connectivity index (χ4v) is 0.846. The Morgan fingerprint density at radius 2 is 2.09 bits per heavy atom. The summed E-state index contributed by atoms with van der Waals surface area (Å²) < 4.78 is 0. The predicted octanol–water partition coefficient (Wildman–Crippen LogP) is 2.56. The van der Waals surface area contributed by atoms with E-state index < -0.39 is 0 Å². The second-order valence-corrected chi connectivity index (χ2v) is 2.71. The molecule has 0 aliphatic carbocycles. The first kappa shape index (κ1) is 8.08. The van der Waals surface area contributed by atoms with Gasteiger partial charge in [-0.25, -0.2) is 4.99 Å². The van der Waals surface area contributed by atoms with Crippen molar-refractivity contribution < 1.29 is 0 Å². The van der Waals surface area contributed by atoms with Crippen molar-refractivity contribution in [3.63, 3.8) is 0 Å². The number of nitrogens with two attached hydrogens (primary N) is 1. The van der Waals surface area contributed by atoms with Gasteiger partial charge in [0.15, 0.2) is 0 Å². The molecular weight excluding hydrogens is 160 g/mol. The Labute approximate surface area is 70.7 Å². The Kier molecular flexibility index (Phi) is 2.49. The van der Waals surface area contributed by atoms with E-state index in [0.717, 1.165) is 5.69 Å². The van der Waals surface area contributed by atoms with E-state index in [1.54, 1.807) is 13.0 Å². The minimum Gasteiger partial charge on any atom is -0.397 e. The topological polar surface area (TPSA) is 38.4 Å². The third-order valence-electron chi connectivity index (χ3n) is 1.21. The van der Waals surface area contributed by atoms with Gasteiger partial charge in [-0.05, 0) is 19.1 Å². The minimum atomic E-state index is 0.489. The summed E-state index contributed by atoms with van der Waals surface area (Å²) in [7, 11) is 0. The lowest BCUT2D eigenvalue weighted by atomic mass is 10.3. The van der Waals surface area contributed by atoms with Crippen LogP contribution in [0.2, 0.25) is 0 Å². The number of aliphatic imine (C=N–C) groups is 1. The monoisotopic (exact) mass is 168 g/mol. The molecular formula is C8H9ClN2. The van der Waals surface area contributed by atoms with E-state index in [1.165, 1.54) is 0 Å². The average Bonchev–Trinajstić information content (AvgIpc) is 1.93. The summed E-state index contributed by atoms with van der Waals surface area (Å²) in [5, 5.41) is 0.489. The van der Waals surface area contributed by atoms with E-state index in [9.17, 15) is 0 Å². The van der Waals surface area contributed by atoms with Crippen molar-refractivity contribution in [3.8, 4) is 0 Å². The molecule has 0 saturated heterocycles. The van der Waals surface area contributed by atoms with Crippen molar-refractivity contribution in [1.82, 2.24) is 0 Å². The molecule has 1 aromatic carbocycles. The Hall–Kier alpha value is -1.02. The fourth-order valence-electron chi connectivity index (χ4n) is 0.755. The highest BCUT2D eigenvalue weighted by Gasteiger charge is 1.93. The molecule has 0 aliphatic heterocycles. The molecule has 0 saturated carbocycles. The van der Waals surface area contributed by atoms with Crippen LogP contribution in [0.1, 0.15) is 6.92 Å². The van der Waals surface area contributed by atoms with Crippen LogP contribution >= 0.6 is 11.6 Å². The van der Waals surface area contributed by atoms with E-state index in [2.05, 4.69) is 4.99 Å². The Bertz CT molecular complexity index is 277. The summed E-state index contributed by atoms with van der Waals surface area (Å²) in [6, 6.07) is 7.34. The lowest BCUT2D eigenvalue weighted by molar-refractivity contribution is 1.52. The summed E-state index contributed by atoms with van der Waals surface area (Å²) in [4.78, 5) is 4.02. The standard InChI is InChI=1S/C8H9ClN2/c1-6(9)11-8-5-3-2-4-7(8)10/h2-5H,10H2,1H3. The molecule has 3 heteroatoms. The molecule has 0 heterocycles. The largest absolute Gasteiger partial charge is 0.397 e. The normalized spacial score (nSPS) is 11.6. The zero-order valence-corrected chi connectivity index (χ0v) is 6.97. The number of halogens is 1. The lowest BCUT2D eigenvalue weighted by Crippen LogP contribution is -1.84. The first-order valence-corrected chi connectivity index (χ1v) is 3.63. The van der Waals surface area contributed by atoms with Crippen LogP contribution in [-0.2, 0) is 0 Å². The molecule has 1 rings (SSSR count). The van der Waals surface area contributed by atoms with Crippen LogP contribution in [0.15, 0.2) is 29.3 Å². The zero-order valence-electron chi connectivity index (χ0n) is 6.21. The number of para-hydroxylation sites is 2. The molecule has 0 aliphatic rings. The van der Waals surface area contributed by atoms with Gasteiger partial charge in [0.25, 0.3) is 0 Å². The van der Waals surface area contributed by atoms with Gasteiger partial charge in [0, 0.05) is 0 Å². The molecule has 0 radical (unpaired) electrons. The maximum absolute atomic E-state index is 5.60. The molecule has 1 aromatic rings. The summed E-state index contributed by atoms with van der Waals surface area (Å²) >= 11 is 5.58. The van der Waals surface area contributed by atoms with Crippen molar-refractivity contribution in [3.05, 3.63) is 24.3 Å². The van der Waals surface area contributed by atoms with Crippen molar-refractivity contribution >= 4 is 28.1 Å². The number of benzene rings is 1. The van der Waals surface area contributed by atoms with E-state index in [4.69, 9.17) is 17.3 Å². The van der Waals surface area contributed by atoms with Gasteiger partial charge < -0.3 is 5.73 Å². The molecule has 2 N–H and O–H groups in total. The molecule has 11 heavy (non-hydrogen) atoms. The maximum atomic E-state index is 5.60. The highest BCUT2D eigenvalue weighted by molar-refractivity contribution is 6.65. The van der Waals surface area contributed by atoms with Gasteiger partial charge in [-0.15, -0.1) is 0 Å². The molecule has 0 unspecified atom stereocenters. The SMILES string of the molecule is CC(Cl)=Nc1ccccc1N. The van der Waals surface area contributed by atoms with Crippen LogP contribution in [0, 0.1) is 0 Å². The van der Waals surface area contributed by atoms with Crippen LogP contribution in [0.5, 0.6) is 0 Å². The second kappa shape index (κ2) is 3.39. The van der Waals surface area contributed by atoms with Crippen molar-refractivity contribution in [2.45, 2.75) is 6.92 Å². The Balaban J connectivity index is 3.04. The number of rotatable bonds is 1. The minimum absolute atomic E-state index is 0.489. The van der Waals surface area contributed by atoms with Gasteiger partial charge in [0.1, 0.15) is 5.17 Å². The summed E-state index contributed by atoms with van der Waals surface area (Å²) in [5.74, 6) is 0. The van der Waals surface area contributed by atoms with Crippen molar-refractivity contribution in [2.24, 2.45) is 4.99 Å².